The van der Waals surface area contributed by atoms with E-state index in [4.69, 9.17) is 5.11 Å². The molecule has 1 fully saturated rings. The van der Waals surface area contributed by atoms with Gasteiger partial charge in [-0.05, 0) is 25.3 Å². The average molecular weight is 143 g/mol. The van der Waals surface area contributed by atoms with Gasteiger partial charge in [-0.3, -0.25) is 0 Å². The molecule has 1 aliphatic rings. The molecule has 0 aliphatic carbocycles. The topological polar surface area (TPSA) is 32.3 Å². The number of piperidine rings is 1. The molecular formula is C8H17NO. The molecule has 0 aromatic rings. The van der Waals surface area contributed by atoms with Gasteiger partial charge in [0.15, 0.2) is 0 Å². The van der Waals surface area contributed by atoms with Crippen molar-refractivity contribution in [1.29, 1.82) is 0 Å². The monoisotopic (exact) mass is 143 g/mol. The lowest BCUT2D eigenvalue weighted by atomic mass is 9.94. The molecule has 0 spiro atoms. The highest BCUT2D eigenvalue weighted by atomic mass is 16.3. The second-order valence-corrected chi connectivity index (χ2v) is 3.22. The fraction of sp³-hybridized carbons (Fsp3) is 1.00. The predicted octanol–water partition coefficient (Wildman–Crippen LogP) is 0.757. The van der Waals surface area contributed by atoms with E-state index in [-0.39, 0.29) is 0 Å². The first-order valence-corrected chi connectivity index (χ1v) is 4.19. The van der Waals surface area contributed by atoms with Crippen LogP contribution >= 0.6 is 0 Å². The van der Waals surface area contributed by atoms with Crippen molar-refractivity contribution >= 4 is 0 Å². The van der Waals surface area contributed by atoms with Crippen LogP contribution in [0.5, 0.6) is 0 Å². The Morgan fingerprint density at radius 1 is 1.60 bits per heavy atom. The molecule has 2 heteroatoms. The first-order chi connectivity index (χ1) is 4.84. The number of rotatable bonds is 2. The molecule has 2 atom stereocenters. The van der Waals surface area contributed by atoms with Crippen LogP contribution in [0.2, 0.25) is 0 Å². The van der Waals surface area contributed by atoms with Gasteiger partial charge >= 0.3 is 0 Å². The van der Waals surface area contributed by atoms with E-state index < -0.39 is 0 Å². The van der Waals surface area contributed by atoms with Crippen molar-refractivity contribution in [3.8, 4) is 0 Å². The first kappa shape index (κ1) is 8.02. The van der Waals surface area contributed by atoms with Crippen molar-refractivity contribution in [2.75, 3.05) is 13.2 Å². The van der Waals surface area contributed by atoms with Crippen LogP contribution in [0.4, 0.5) is 0 Å². The molecule has 1 saturated heterocycles. The van der Waals surface area contributed by atoms with Gasteiger partial charge in [-0.1, -0.05) is 13.3 Å². The Morgan fingerprint density at radius 2 is 2.40 bits per heavy atom. The van der Waals surface area contributed by atoms with E-state index in [1.165, 1.54) is 19.3 Å². The van der Waals surface area contributed by atoms with Crippen LogP contribution in [0.3, 0.4) is 0 Å². The van der Waals surface area contributed by atoms with Gasteiger partial charge in [-0.15, -0.1) is 0 Å². The van der Waals surface area contributed by atoms with Crippen LogP contribution in [0, 0.1) is 5.92 Å². The molecule has 0 aromatic heterocycles. The Morgan fingerprint density at radius 3 is 2.90 bits per heavy atom. The summed E-state index contributed by atoms with van der Waals surface area (Å²) in [7, 11) is 0. The maximum absolute atomic E-state index is 8.85. The van der Waals surface area contributed by atoms with Crippen LogP contribution in [0.1, 0.15) is 26.2 Å². The first-order valence-electron chi connectivity index (χ1n) is 4.19. The summed E-state index contributed by atoms with van der Waals surface area (Å²) in [5.41, 5.74) is 0. The number of hydrogen-bond acceptors (Lipinski definition) is 2. The molecule has 0 radical (unpaired) electrons. The van der Waals surface area contributed by atoms with Crippen molar-refractivity contribution in [2.45, 2.75) is 32.2 Å². The largest absolute Gasteiger partial charge is 0.396 e. The average Bonchev–Trinajstić information content (AvgIpc) is 2.05. The highest BCUT2D eigenvalue weighted by Crippen LogP contribution is 2.13. The van der Waals surface area contributed by atoms with Crippen molar-refractivity contribution in [3.63, 3.8) is 0 Å². The van der Waals surface area contributed by atoms with Gasteiger partial charge in [-0.2, -0.15) is 0 Å². The molecule has 0 aromatic carbocycles. The minimum absolute atomic E-state index is 0.317. The maximum Gasteiger partial charge on any atom is 0.0471 e. The quantitative estimate of drug-likeness (QED) is 0.598. The Hall–Kier alpha value is -0.0800. The van der Waals surface area contributed by atoms with Crippen molar-refractivity contribution < 1.29 is 5.11 Å². The van der Waals surface area contributed by atoms with E-state index in [0.29, 0.717) is 18.6 Å². The van der Waals surface area contributed by atoms with Gasteiger partial charge in [-0.25, -0.2) is 0 Å². The fourth-order valence-electron chi connectivity index (χ4n) is 1.49. The highest BCUT2D eigenvalue weighted by Gasteiger charge is 2.17. The molecule has 10 heavy (non-hydrogen) atoms. The zero-order chi connectivity index (χ0) is 7.40. The molecule has 0 saturated carbocycles. The summed E-state index contributed by atoms with van der Waals surface area (Å²) in [4.78, 5) is 0. The third kappa shape index (κ3) is 1.96. The normalized spacial score (nSPS) is 30.0. The van der Waals surface area contributed by atoms with Gasteiger partial charge in [0, 0.05) is 12.6 Å². The van der Waals surface area contributed by atoms with E-state index >= 15 is 0 Å². The number of aliphatic hydroxyl groups is 1. The Kier molecular flexibility index (Phi) is 3.16. The summed E-state index contributed by atoms with van der Waals surface area (Å²) < 4.78 is 0. The predicted molar refractivity (Wildman–Crippen MR) is 41.9 cm³/mol. The van der Waals surface area contributed by atoms with Gasteiger partial charge in [0.25, 0.3) is 0 Å². The highest BCUT2D eigenvalue weighted by molar-refractivity contribution is 4.76. The lowest BCUT2D eigenvalue weighted by molar-refractivity contribution is 0.186. The third-order valence-corrected chi connectivity index (χ3v) is 2.32. The summed E-state index contributed by atoms with van der Waals surface area (Å²) in [6, 6.07) is 0.568. The molecule has 0 unspecified atom stereocenters. The van der Waals surface area contributed by atoms with Crippen molar-refractivity contribution in [2.24, 2.45) is 5.92 Å². The van der Waals surface area contributed by atoms with E-state index in [1.54, 1.807) is 0 Å². The minimum Gasteiger partial charge on any atom is -0.396 e. The lowest BCUT2D eigenvalue weighted by Gasteiger charge is -2.27. The zero-order valence-electron chi connectivity index (χ0n) is 6.64. The second-order valence-electron chi connectivity index (χ2n) is 3.22. The molecular weight excluding hydrogens is 126 g/mol. The standard InChI is InChI=1S/C8H17NO/c1-7(6-10)8-4-2-3-5-9-8/h7-10H,2-6H2,1H3/t7-,8+/m1/s1. The molecule has 0 amide bonds. The minimum atomic E-state index is 0.317. The molecule has 1 rings (SSSR count). The van der Waals surface area contributed by atoms with E-state index in [9.17, 15) is 0 Å². The van der Waals surface area contributed by atoms with Gasteiger partial charge < -0.3 is 10.4 Å². The molecule has 2 N–H and O–H groups in total. The summed E-state index contributed by atoms with van der Waals surface area (Å²) in [6.45, 7) is 3.55. The fourth-order valence-corrected chi connectivity index (χ4v) is 1.49. The van der Waals surface area contributed by atoms with Gasteiger partial charge in [0.2, 0.25) is 0 Å². The zero-order valence-corrected chi connectivity index (χ0v) is 6.64. The number of aliphatic hydroxyl groups excluding tert-OH is 1. The Labute approximate surface area is 62.6 Å². The number of hydrogen-bond donors (Lipinski definition) is 2. The van der Waals surface area contributed by atoms with Crippen LogP contribution in [-0.2, 0) is 0 Å². The Bertz CT molecular complexity index is 89.3. The van der Waals surface area contributed by atoms with E-state index in [2.05, 4.69) is 12.2 Å². The van der Waals surface area contributed by atoms with E-state index in [0.717, 1.165) is 6.54 Å². The summed E-state index contributed by atoms with van der Waals surface area (Å²) in [6.07, 6.45) is 3.86. The van der Waals surface area contributed by atoms with Crippen molar-refractivity contribution in [1.82, 2.24) is 5.32 Å². The SMILES string of the molecule is C[C@H](CO)[C@@H]1CCCCN1. The lowest BCUT2D eigenvalue weighted by Crippen LogP contribution is -2.40. The summed E-state index contributed by atoms with van der Waals surface area (Å²) >= 11 is 0. The summed E-state index contributed by atoms with van der Waals surface area (Å²) in [5.74, 6) is 0.431. The Balaban J connectivity index is 2.24. The van der Waals surface area contributed by atoms with Crippen LogP contribution < -0.4 is 5.32 Å². The third-order valence-electron chi connectivity index (χ3n) is 2.32. The molecule has 1 heterocycles. The van der Waals surface area contributed by atoms with Crippen molar-refractivity contribution in [3.05, 3.63) is 0 Å². The van der Waals surface area contributed by atoms with Crippen LogP contribution in [0.15, 0.2) is 0 Å². The maximum atomic E-state index is 8.85. The molecule has 1 aliphatic heterocycles. The molecule has 2 nitrogen and oxygen atoms in total. The molecule has 0 bridgehead atoms. The smallest absolute Gasteiger partial charge is 0.0471 e. The van der Waals surface area contributed by atoms with Gasteiger partial charge in [0.1, 0.15) is 0 Å². The van der Waals surface area contributed by atoms with E-state index in [1.807, 2.05) is 0 Å². The van der Waals surface area contributed by atoms with Crippen LogP contribution in [0.25, 0.3) is 0 Å². The number of nitrogens with one attached hydrogen (secondary N) is 1. The van der Waals surface area contributed by atoms with Gasteiger partial charge in [0.05, 0.1) is 0 Å². The van der Waals surface area contributed by atoms with Crippen LogP contribution in [-0.4, -0.2) is 24.3 Å². The molecule has 60 valence electrons. The summed E-state index contributed by atoms with van der Waals surface area (Å²) in [5, 5.41) is 12.3. The second kappa shape index (κ2) is 3.94.